The SMILES string of the molecule is COCCCNC(P(=O)([O-])O)P(=O)(O)O.[Na+]. The first kappa shape index (κ1) is 19.6. The van der Waals surface area contributed by atoms with E-state index in [9.17, 15) is 14.0 Å². The van der Waals surface area contributed by atoms with Crippen LogP contribution in [0, 0.1) is 0 Å². The summed E-state index contributed by atoms with van der Waals surface area (Å²) in [6, 6.07) is 0. The molecule has 92 valence electrons. The van der Waals surface area contributed by atoms with E-state index in [1.54, 1.807) is 0 Å². The van der Waals surface area contributed by atoms with E-state index in [0.29, 0.717) is 13.0 Å². The Labute approximate surface area is 115 Å². The first-order chi connectivity index (χ1) is 6.69. The number of nitrogens with one attached hydrogen (secondary N) is 1. The number of hydrogen-bond acceptors (Lipinski definition) is 5. The molecule has 0 fully saturated rings. The summed E-state index contributed by atoms with van der Waals surface area (Å²) in [5.41, 5.74) is -2.25. The molecule has 0 amide bonds. The molecule has 8 nitrogen and oxygen atoms in total. The van der Waals surface area contributed by atoms with Gasteiger partial charge in [0.2, 0.25) is 0 Å². The van der Waals surface area contributed by atoms with Gasteiger partial charge in [-0.2, -0.15) is 0 Å². The molecule has 0 aliphatic rings. The minimum Gasteiger partial charge on any atom is -0.777 e. The largest absolute Gasteiger partial charge is 1.00 e. The first-order valence-corrected chi connectivity index (χ1v) is 7.33. The van der Waals surface area contributed by atoms with Crippen molar-refractivity contribution in [3.63, 3.8) is 0 Å². The zero-order valence-electron chi connectivity index (χ0n) is 9.07. The second-order valence-electron chi connectivity index (χ2n) is 2.83. The average molecular weight is 285 g/mol. The molecule has 0 aliphatic carbocycles. The second-order valence-corrected chi connectivity index (χ2v) is 6.57. The van der Waals surface area contributed by atoms with E-state index >= 15 is 0 Å². The third kappa shape index (κ3) is 8.33. The zero-order valence-corrected chi connectivity index (χ0v) is 12.9. The van der Waals surface area contributed by atoms with Gasteiger partial charge in [0.15, 0.2) is 13.1 Å². The molecule has 0 saturated carbocycles. The maximum atomic E-state index is 10.7. The van der Waals surface area contributed by atoms with Crippen molar-refractivity contribution in [2.45, 2.75) is 11.9 Å². The summed E-state index contributed by atoms with van der Waals surface area (Å²) >= 11 is 0. The monoisotopic (exact) mass is 285 g/mol. The van der Waals surface area contributed by atoms with Gasteiger partial charge >= 0.3 is 37.2 Å². The van der Waals surface area contributed by atoms with E-state index in [0.717, 1.165) is 0 Å². The van der Waals surface area contributed by atoms with Gasteiger partial charge < -0.3 is 28.9 Å². The molecule has 0 heterocycles. The van der Waals surface area contributed by atoms with Gasteiger partial charge in [-0.3, -0.25) is 9.88 Å². The van der Waals surface area contributed by atoms with Crippen LogP contribution in [0.5, 0.6) is 0 Å². The maximum Gasteiger partial charge on any atom is 1.00 e. The fourth-order valence-electron chi connectivity index (χ4n) is 0.872. The molecule has 0 aromatic heterocycles. The molecular weight excluding hydrogens is 271 g/mol. The van der Waals surface area contributed by atoms with Crippen LogP contribution in [0.15, 0.2) is 0 Å². The van der Waals surface area contributed by atoms with E-state index in [2.05, 4.69) is 10.1 Å². The molecule has 0 aromatic rings. The van der Waals surface area contributed by atoms with Gasteiger partial charge in [0, 0.05) is 13.7 Å². The molecule has 11 heteroatoms. The molecule has 0 aliphatic heterocycles. The van der Waals surface area contributed by atoms with Crippen molar-refractivity contribution in [2.24, 2.45) is 0 Å². The summed E-state index contributed by atoms with van der Waals surface area (Å²) < 4.78 is 26.0. The molecule has 2 atom stereocenters. The third-order valence-corrected chi connectivity index (χ3v) is 4.88. The molecule has 0 spiro atoms. The summed E-state index contributed by atoms with van der Waals surface area (Å²) in [6.07, 6.45) is 0.368. The number of rotatable bonds is 7. The Morgan fingerprint density at radius 3 is 2.19 bits per heavy atom. The van der Waals surface area contributed by atoms with Crippen LogP contribution >= 0.6 is 15.2 Å². The van der Waals surface area contributed by atoms with E-state index in [-0.39, 0.29) is 36.1 Å². The van der Waals surface area contributed by atoms with E-state index in [4.69, 9.17) is 14.7 Å². The Morgan fingerprint density at radius 1 is 1.38 bits per heavy atom. The van der Waals surface area contributed by atoms with Crippen LogP contribution in [0.1, 0.15) is 6.42 Å². The maximum absolute atomic E-state index is 10.7. The van der Waals surface area contributed by atoms with Crippen LogP contribution < -0.4 is 39.8 Å². The minimum absolute atomic E-state index is 0. The fourth-order valence-corrected chi connectivity index (χ4v) is 3.12. The molecular formula is C5H14NNaO7P2. The van der Waals surface area contributed by atoms with Gasteiger partial charge in [-0.1, -0.05) is 0 Å². The van der Waals surface area contributed by atoms with Crippen molar-refractivity contribution in [2.75, 3.05) is 20.3 Å². The van der Waals surface area contributed by atoms with Crippen molar-refractivity contribution in [3.05, 3.63) is 0 Å². The molecule has 0 rings (SSSR count). The van der Waals surface area contributed by atoms with Crippen LogP contribution in [-0.4, -0.2) is 40.5 Å². The Hall–Kier alpha value is 1.22. The molecule has 0 aromatic carbocycles. The van der Waals surface area contributed by atoms with Crippen LogP contribution in [0.4, 0.5) is 0 Å². The topological polar surface area (TPSA) is 139 Å². The van der Waals surface area contributed by atoms with Crippen molar-refractivity contribution in [3.8, 4) is 0 Å². The average Bonchev–Trinajstić information content (AvgIpc) is 1.99. The summed E-state index contributed by atoms with van der Waals surface area (Å²) in [7, 11) is -8.60. The number of ether oxygens (including phenoxy) is 1. The van der Waals surface area contributed by atoms with Gasteiger partial charge in [0.1, 0.15) is 0 Å². The number of methoxy groups -OCH3 is 1. The van der Waals surface area contributed by atoms with Crippen molar-refractivity contribution in [1.29, 1.82) is 0 Å². The predicted octanol–water partition coefficient (Wildman–Crippen LogP) is -4.38. The summed E-state index contributed by atoms with van der Waals surface area (Å²) in [5.74, 6) is 0. The molecule has 0 radical (unpaired) electrons. The van der Waals surface area contributed by atoms with Crippen molar-refractivity contribution >= 4 is 15.2 Å². The molecule has 4 N–H and O–H groups in total. The van der Waals surface area contributed by atoms with Gasteiger partial charge in [0.25, 0.3) is 0 Å². The smallest absolute Gasteiger partial charge is 0.777 e. The van der Waals surface area contributed by atoms with E-state index in [1.807, 2.05) is 0 Å². The number of hydrogen-bond donors (Lipinski definition) is 4. The van der Waals surface area contributed by atoms with Gasteiger partial charge in [-0.15, -0.1) is 0 Å². The van der Waals surface area contributed by atoms with Crippen molar-refractivity contribution < 1.29 is 63.0 Å². The zero-order chi connectivity index (χ0) is 12.1. The minimum atomic E-state index is -5.11. The van der Waals surface area contributed by atoms with Gasteiger partial charge in [-0.25, -0.2) is 0 Å². The predicted molar refractivity (Wildman–Crippen MR) is 50.2 cm³/mol. The second kappa shape index (κ2) is 8.34. The molecule has 0 saturated heterocycles. The standard InChI is InChI=1S/C5H15NO7P2.Na/c1-13-4-2-3-6-5(14(7,8)9)15(10,11)12;/h5-6H,2-4H2,1H3,(H2,7,8,9)(H2,10,11,12);/q;+1/p-1. The van der Waals surface area contributed by atoms with Gasteiger partial charge in [0.05, 0.1) is 0 Å². The fraction of sp³-hybridized carbons (Fsp3) is 1.00. The van der Waals surface area contributed by atoms with E-state index in [1.165, 1.54) is 7.11 Å². The normalized spacial score (nSPS) is 17.3. The summed E-state index contributed by atoms with van der Waals surface area (Å²) in [6.45, 7) is 0.325. The van der Waals surface area contributed by atoms with Crippen LogP contribution in [0.3, 0.4) is 0 Å². The van der Waals surface area contributed by atoms with Crippen LogP contribution in [0.2, 0.25) is 0 Å². The Morgan fingerprint density at radius 2 is 1.88 bits per heavy atom. The Balaban J connectivity index is 0. The summed E-state index contributed by atoms with van der Waals surface area (Å²) in [5, 5.41) is 2.07. The Bertz CT molecular complexity index is 254. The first-order valence-electron chi connectivity index (χ1n) is 4.00. The Kier molecular flexibility index (Phi) is 10.2. The van der Waals surface area contributed by atoms with Crippen LogP contribution in [-0.2, 0) is 13.9 Å². The molecule has 16 heavy (non-hydrogen) atoms. The molecule has 0 bridgehead atoms. The van der Waals surface area contributed by atoms with Gasteiger partial charge in [-0.05, 0) is 13.0 Å². The van der Waals surface area contributed by atoms with Crippen LogP contribution in [0.25, 0.3) is 0 Å². The summed E-state index contributed by atoms with van der Waals surface area (Å²) in [4.78, 5) is 36.5. The van der Waals surface area contributed by atoms with E-state index < -0.39 is 20.7 Å². The van der Waals surface area contributed by atoms with Crippen molar-refractivity contribution in [1.82, 2.24) is 5.32 Å². The molecule has 2 unspecified atom stereocenters. The quantitative estimate of drug-likeness (QED) is 0.209. The third-order valence-electron chi connectivity index (χ3n) is 1.48.